The number of hydrogen-bond acceptors (Lipinski definition) is 5. The van der Waals surface area contributed by atoms with Gasteiger partial charge in [0.05, 0.1) is 24.3 Å². The highest BCUT2D eigenvalue weighted by Gasteiger charge is 2.21. The van der Waals surface area contributed by atoms with Crippen molar-refractivity contribution in [3.8, 4) is 23.0 Å². The van der Waals surface area contributed by atoms with E-state index in [9.17, 15) is 15.0 Å². The van der Waals surface area contributed by atoms with Crippen LogP contribution in [-0.4, -0.2) is 30.2 Å². The second kappa shape index (κ2) is 8.80. The molecule has 1 fully saturated rings. The van der Waals surface area contributed by atoms with Crippen molar-refractivity contribution in [3.05, 3.63) is 56.6 Å². The van der Waals surface area contributed by atoms with Crippen LogP contribution in [0.25, 0.3) is 12.2 Å². The molecule has 0 amide bonds. The van der Waals surface area contributed by atoms with Gasteiger partial charge in [-0.2, -0.15) is 0 Å². The first-order valence-electron chi connectivity index (χ1n) is 8.93. The minimum absolute atomic E-state index is 0.0671. The molecule has 5 nitrogen and oxygen atoms in total. The summed E-state index contributed by atoms with van der Waals surface area (Å²) in [6.07, 6.45) is 5.60. The molecule has 0 heterocycles. The number of ether oxygens (including phenoxy) is 2. The maximum Gasteiger partial charge on any atom is 0.185 e. The molecule has 0 radical (unpaired) electrons. The van der Waals surface area contributed by atoms with Crippen LogP contribution >= 0.6 is 23.2 Å². The Labute approximate surface area is 178 Å². The predicted molar refractivity (Wildman–Crippen MR) is 114 cm³/mol. The zero-order valence-electron chi connectivity index (χ0n) is 16.0. The van der Waals surface area contributed by atoms with Crippen molar-refractivity contribution >= 4 is 41.1 Å². The molecule has 2 aromatic carbocycles. The molecule has 29 heavy (non-hydrogen) atoms. The normalized spacial score (nSPS) is 17.0. The Balaban J connectivity index is 1.95. The standard InChI is InChI=1S/C22H20Cl2O5/c1-28-18-10-12(8-16(23)21(18)26)6-14-4-3-5-15(20(14)25)7-13-9-17(24)22(27)19(11-13)29-2/h6-11,26-27H,3-5H2,1-2H3/b14-6-,15-7+. The number of hydrogen-bond donors (Lipinski definition) is 2. The molecule has 2 N–H and O–H groups in total. The van der Waals surface area contributed by atoms with Gasteiger partial charge in [-0.15, -0.1) is 0 Å². The lowest BCUT2D eigenvalue weighted by atomic mass is 9.87. The van der Waals surface area contributed by atoms with Crippen molar-refractivity contribution in [1.82, 2.24) is 0 Å². The minimum atomic E-state index is -0.134. The number of phenols is 2. The van der Waals surface area contributed by atoms with Crippen LogP contribution in [0.3, 0.4) is 0 Å². The third-order valence-corrected chi connectivity index (χ3v) is 5.27. The molecule has 0 unspecified atom stereocenters. The summed E-state index contributed by atoms with van der Waals surface area (Å²) in [5.74, 6) is 0.154. The van der Waals surface area contributed by atoms with E-state index in [1.165, 1.54) is 14.2 Å². The summed E-state index contributed by atoms with van der Waals surface area (Å²) in [6, 6.07) is 6.43. The van der Waals surface area contributed by atoms with Crippen molar-refractivity contribution < 1.29 is 24.5 Å². The number of phenolic OH excluding ortho intramolecular Hbond substituents is 2. The van der Waals surface area contributed by atoms with Crippen LogP contribution in [0.2, 0.25) is 10.0 Å². The number of ketones is 1. The lowest BCUT2D eigenvalue weighted by Crippen LogP contribution is -2.12. The highest BCUT2D eigenvalue weighted by molar-refractivity contribution is 6.32. The molecule has 1 aliphatic carbocycles. The number of rotatable bonds is 4. The van der Waals surface area contributed by atoms with E-state index in [1.54, 1.807) is 36.4 Å². The van der Waals surface area contributed by atoms with E-state index in [-0.39, 0.29) is 38.8 Å². The molecule has 0 spiro atoms. The van der Waals surface area contributed by atoms with Gasteiger partial charge in [0.25, 0.3) is 0 Å². The van der Waals surface area contributed by atoms with E-state index < -0.39 is 0 Å². The topological polar surface area (TPSA) is 76.0 Å². The summed E-state index contributed by atoms with van der Waals surface area (Å²) < 4.78 is 10.2. The summed E-state index contributed by atoms with van der Waals surface area (Å²) in [4.78, 5) is 13.0. The number of allylic oxidation sites excluding steroid dienone is 2. The van der Waals surface area contributed by atoms with Crippen molar-refractivity contribution in [2.24, 2.45) is 0 Å². The fourth-order valence-corrected chi connectivity index (χ4v) is 3.68. The molecule has 0 atom stereocenters. The fourth-order valence-electron chi connectivity index (χ4n) is 3.25. The van der Waals surface area contributed by atoms with Crippen molar-refractivity contribution in [2.45, 2.75) is 19.3 Å². The van der Waals surface area contributed by atoms with Crippen LogP contribution in [0.5, 0.6) is 23.0 Å². The number of Topliss-reactive ketones (excluding diaryl/α,β-unsaturated/α-hetero) is 1. The Bertz CT molecular complexity index is 945. The van der Waals surface area contributed by atoms with Gasteiger partial charge >= 0.3 is 0 Å². The first-order valence-corrected chi connectivity index (χ1v) is 9.68. The van der Waals surface area contributed by atoms with Gasteiger partial charge in [0.1, 0.15) is 0 Å². The van der Waals surface area contributed by atoms with Crippen LogP contribution in [0.4, 0.5) is 0 Å². The Morgan fingerprint density at radius 2 is 1.24 bits per heavy atom. The molecular formula is C22H20Cl2O5. The number of methoxy groups -OCH3 is 2. The number of benzene rings is 2. The third-order valence-electron chi connectivity index (χ3n) is 4.70. The van der Waals surface area contributed by atoms with Gasteiger partial charge in [-0.1, -0.05) is 23.2 Å². The zero-order valence-corrected chi connectivity index (χ0v) is 17.5. The molecule has 1 saturated carbocycles. The van der Waals surface area contributed by atoms with E-state index in [0.29, 0.717) is 35.1 Å². The first kappa shape index (κ1) is 21.1. The Morgan fingerprint density at radius 3 is 1.62 bits per heavy atom. The van der Waals surface area contributed by atoms with E-state index in [0.717, 1.165) is 6.42 Å². The molecule has 0 aliphatic heterocycles. The minimum Gasteiger partial charge on any atom is -0.503 e. The van der Waals surface area contributed by atoms with Gasteiger partial charge < -0.3 is 19.7 Å². The van der Waals surface area contributed by atoms with Crippen LogP contribution in [0, 0.1) is 0 Å². The van der Waals surface area contributed by atoms with E-state index >= 15 is 0 Å². The summed E-state index contributed by atoms with van der Waals surface area (Å²) in [7, 11) is 2.87. The number of carbonyl (C=O) groups excluding carboxylic acids is 1. The quantitative estimate of drug-likeness (QED) is 0.608. The fraction of sp³-hybridized carbons (Fsp3) is 0.227. The Kier molecular flexibility index (Phi) is 6.40. The zero-order chi connectivity index (χ0) is 21.1. The average molecular weight is 435 g/mol. The average Bonchev–Trinajstić information content (AvgIpc) is 2.70. The summed E-state index contributed by atoms with van der Waals surface area (Å²) >= 11 is 12.1. The maximum atomic E-state index is 13.0. The van der Waals surface area contributed by atoms with Gasteiger partial charge in [-0.3, -0.25) is 4.79 Å². The molecule has 152 valence electrons. The van der Waals surface area contributed by atoms with Crippen molar-refractivity contribution in [3.63, 3.8) is 0 Å². The van der Waals surface area contributed by atoms with Crippen LogP contribution in [-0.2, 0) is 4.79 Å². The van der Waals surface area contributed by atoms with Gasteiger partial charge in [0, 0.05) is 11.1 Å². The van der Waals surface area contributed by atoms with Crippen LogP contribution in [0.15, 0.2) is 35.4 Å². The van der Waals surface area contributed by atoms with E-state index in [2.05, 4.69) is 0 Å². The predicted octanol–water partition coefficient (Wildman–Crippen LogP) is 5.64. The highest BCUT2D eigenvalue weighted by Crippen LogP contribution is 2.38. The van der Waals surface area contributed by atoms with Gasteiger partial charge in [0.15, 0.2) is 28.8 Å². The summed E-state index contributed by atoms with van der Waals surface area (Å²) in [5, 5.41) is 20.1. The van der Waals surface area contributed by atoms with Gasteiger partial charge in [-0.05, 0) is 66.8 Å². The van der Waals surface area contributed by atoms with Gasteiger partial charge in [-0.25, -0.2) is 0 Å². The smallest absolute Gasteiger partial charge is 0.185 e. The lowest BCUT2D eigenvalue weighted by molar-refractivity contribution is -0.112. The molecule has 1 aliphatic rings. The summed E-state index contributed by atoms with van der Waals surface area (Å²) in [5.41, 5.74) is 2.62. The molecule has 3 rings (SSSR count). The van der Waals surface area contributed by atoms with E-state index in [1.807, 2.05) is 0 Å². The first-order chi connectivity index (χ1) is 13.8. The monoisotopic (exact) mass is 434 g/mol. The Hall–Kier alpha value is -2.63. The molecule has 0 saturated heterocycles. The van der Waals surface area contributed by atoms with Crippen LogP contribution in [0.1, 0.15) is 30.4 Å². The maximum absolute atomic E-state index is 13.0. The van der Waals surface area contributed by atoms with Crippen molar-refractivity contribution in [1.29, 1.82) is 0 Å². The second-order valence-electron chi connectivity index (χ2n) is 6.63. The van der Waals surface area contributed by atoms with E-state index in [4.69, 9.17) is 32.7 Å². The molecule has 7 heteroatoms. The number of halogens is 2. The van der Waals surface area contributed by atoms with Crippen molar-refractivity contribution in [2.75, 3.05) is 14.2 Å². The van der Waals surface area contributed by atoms with Gasteiger partial charge in [0.2, 0.25) is 0 Å². The number of aromatic hydroxyl groups is 2. The SMILES string of the molecule is COc1cc(/C=C2/CCC/C(=C\c3cc(Cl)c(O)c(OC)c3)C2=O)cc(Cl)c1O. The molecule has 0 aromatic heterocycles. The lowest BCUT2D eigenvalue weighted by Gasteiger charge is -2.17. The third kappa shape index (κ3) is 4.52. The summed E-state index contributed by atoms with van der Waals surface area (Å²) in [6.45, 7) is 0. The molecule has 2 aromatic rings. The Morgan fingerprint density at radius 1 is 0.828 bits per heavy atom. The van der Waals surface area contributed by atoms with Crippen LogP contribution < -0.4 is 9.47 Å². The second-order valence-corrected chi connectivity index (χ2v) is 7.44. The molecular weight excluding hydrogens is 415 g/mol. The number of carbonyl (C=O) groups is 1. The largest absolute Gasteiger partial charge is 0.503 e. The molecule has 0 bridgehead atoms. The highest BCUT2D eigenvalue weighted by atomic mass is 35.5.